The number of ether oxygens (including phenoxy) is 2. The Morgan fingerprint density at radius 3 is 2.69 bits per heavy atom. The third kappa shape index (κ3) is 3.33. The summed E-state index contributed by atoms with van der Waals surface area (Å²) in [6, 6.07) is 3.13. The monoisotopic (exact) mass is 426 g/mol. The normalized spacial score (nSPS) is 24.8. The number of carbonyl (C=O) groups excluding carboxylic acids is 1. The summed E-state index contributed by atoms with van der Waals surface area (Å²) in [6.45, 7) is 2.79. The van der Waals surface area contributed by atoms with Gasteiger partial charge in [-0.05, 0) is 37.8 Å². The Balaban J connectivity index is 1.85. The Labute approximate surface area is 173 Å². The number of amides is 1. The molecule has 3 heterocycles. The van der Waals surface area contributed by atoms with Gasteiger partial charge in [0.1, 0.15) is 17.1 Å². The molecule has 1 atom stereocenters. The van der Waals surface area contributed by atoms with E-state index in [2.05, 4.69) is 0 Å². The lowest BCUT2D eigenvalue weighted by molar-refractivity contribution is -0.290. The van der Waals surface area contributed by atoms with Gasteiger partial charge in [0.05, 0.1) is 24.3 Å². The first-order valence-corrected chi connectivity index (χ1v) is 10.1. The Bertz CT molecular complexity index is 848. The molecule has 1 amide bonds. The quantitative estimate of drug-likeness (QED) is 0.796. The maximum Gasteiger partial charge on any atom is 0.282 e. The number of aryl methyl sites for hydroxylation is 1. The molecule has 2 saturated heterocycles. The van der Waals surface area contributed by atoms with E-state index in [4.69, 9.17) is 25.9 Å². The van der Waals surface area contributed by atoms with Gasteiger partial charge in [0, 0.05) is 25.1 Å². The lowest BCUT2D eigenvalue weighted by atomic mass is 9.85. The summed E-state index contributed by atoms with van der Waals surface area (Å²) in [5.41, 5.74) is -0.523. The van der Waals surface area contributed by atoms with Crippen LogP contribution in [0.25, 0.3) is 5.57 Å². The molecule has 7 nitrogen and oxygen atoms in total. The van der Waals surface area contributed by atoms with Crippen molar-refractivity contribution in [2.45, 2.75) is 44.4 Å². The number of benzene rings is 1. The summed E-state index contributed by atoms with van der Waals surface area (Å²) < 4.78 is 26.3. The summed E-state index contributed by atoms with van der Waals surface area (Å²) in [6.07, 6.45) is 1.65. The minimum absolute atomic E-state index is 0.0118. The predicted octanol–water partition coefficient (Wildman–Crippen LogP) is 3.28. The molecule has 1 aromatic carbocycles. The number of carbonyl (C=O) groups is 1. The van der Waals surface area contributed by atoms with Crippen molar-refractivity contribution < 1.29 is 28.7 Å². The second-order valence-corrected chi connectivity index (χ2v) is 8.00. The van der Waals surface area contributed by atoms with Gasteiger partial charge in [0.25, 0.3) is 5.91 Å². The van der Waals surface area contributed by atoms with E-state index in [-0.39, 0.29) is 16.2 Å². The molecule has 29 heavy (non-hydrogen) atoms. The van der Waals surface area contributed by atoms with E-state index < -0.39 is 23.6 Å². The minimum atomic E-state index is -0.966. The Hall–Kier alpha value is -1.71. The number of piperidine rings is 1. The first-order chi connectivity index (χ1) is 13.9. The van der Waals surface area contributed by atoms with E-state index >= 15 is 4.39 Å². The van der Waals surface area contributed by atoms with Gasteiger partial charge in [-0.2, -0.15) is 5.06 Å². The van der Waals surface area contributed by atoms with E-state index in [1.54, 1.807) is 19.1 Å². The molecule has 0 radical (unpaired) electrons. The first-order valence-electron chi connectivity index (χ1n) is 9.69. The molecule has 1 unspecified atom stereocenters. The molecular formula is C20H24ClFN2O5. The fourth-order valence-electron chi connectivity index (χ4n) is 4.31. The largest absolute Gasteiger partial charge is 0.498 e. The molecule has 1 N–H and O–H groups in total. The third-order valence-electron chi connectivity index (χ3n) is 5.85. The second kappa shape index (κ2) is 7.85. The maximum atomic E-state index is 15.1. The van der Waals surface area contributed by atoms with Crippen LogP contribution in [-0.2, 0) is 19.1 Å². The molecule has 0 bridgehead atoms. The molecule has 2 fully saturated rings. The maximum absolute atomic E-state index is 15.1. The lowest BCUT2D eigenvalue weighted by Gasteiger charge is -2.43. The topological polar surface area (TPSA) is 71.5 Å². The van der Waals surface area contributed by atoms with Gasteiger partial charge in [-0.25, -0.2) is 14.3 Å². The minimum Gasteiger partial charge on any atom is -0.498 e. The van der Waals surface area contributed by atoms with Gasteiger partial charge in [0.15, 0.2) is 6.29 Å². The highest BCUT2D eigenvalue weighted by molar-refractivity contribution is 6.35. The van der Waals surface area contributed by atoms with Crippen LogP contribution >= 0.6 is 11.6 Å². The molecule has 3 aliphatic rings. The number of hydroxylamine groups is 4. The van der Waals surface area contributed by atoms with Gasteiger partial charge in [-0.15, -0.1) is 0 Å². The summed E-state index contributed by atoms with van der Waals surface area (Å²) >= 11 is 6.32. The zero-order valence-corrected chi connectivity index (χ0v) is 17.2. The molecule has 3 aliphatic heterocycles. The van der Waals surface area contributed by atoms with Crippen molar-refractivity contribution in [3.63, 3.8) is 0 Å². The molecule has 4 rings (SSSR count). The van der Waals surface area contributed by atoms with Crippen molar-refractivity contribution in [1.29, 1.82) is 0 Å². The lowest BCUT2D eigenvalue weighted by Crippen LogP contribution is -2.55. The summed E-state index contributed by atoms with van der Waals surface area (Å²) in [4.78, 5) is 19.5. The molecule has 158 valence electrons. The van der Waals surface area contributed by atoms with Gasteiger partial charge in [-0.3, -0.25) is 4.79 Å². The highest BCUT2D eigenvalue weighted by atomic mass is 35.5. The molecule has 1 aromatic rings. The van der Waals surface area contributed by atoms with Gasteiger partial charge in [-0.1, -0.05) is 17.7 Å². The standard InChI is InChI=1S/C20H24ClFN2O5/c1-12-5-6-13(21)15(17(12)22)16-18(27-2)20(7-9-23(26)10-8-20)24(19(16)25)29-14-4-3-11-28-14/h5-6,14,26H,3-4,7-11H2,1-2H3. The van der Waals surface area contributed by atoms with Crippen LogP contribution in [-0.4, -0.2) is 59.9 Å². The fourth-order valence-corrected chi connectivity index (χ4v) is 4.55. The molecule has 9 heteroatoms. The Kier molecular flexibility index (Phi) is 5.56. The average Bonchev–Trinajstić information content (AvgIpc) is 3.29. The van der Waals surface area contributed by atoms with Crippen LogP contribution < -0.4 is 0 Å². The van der Waals surface area contributed by atoms with Crippen molar-refractivity contribution in [3.8, 4) is 0 Å². The third-order valence-corrected chi connectivity index (χ3v) is 6.17. The van der Waals surface area contributed by atoms with Gasteiger partial charge < -0.3 is 14.7 Å². The summed E-state index contributed by atoms with van der Waals surface area (Å²) in [7, 11) is 1.45. The molecular weight excluding hydrogens is 403 g/mol. The number of halogens is 2. The fraction of sp³-hybridized carbons (Fsp3) is 0.550. The van der Waals surface area contributed by atoms with Crippen LogP contribution in [0.15, 0.2) is 17.9 Å². The van der Waals surface area contributed by atoms with Crippen LogP contribution in [0.5, 0.6) is 0 Å². The highest BCUT2D eigenvalue weighted by Crippen LogP contribution is 2.49. The predicted molar refractivity (Wildman–Crippen MR) is 102 cm³/mol. The van der Waals surface area contributed by atoms with E-state index in [1.165, 1.54) is 17.2 Å². The number of methoxy groups -OCH3 is 1. The van der Waals surface area contributed by atoms with Crippen molar-refractivity contribution in [3.05, 3.63) is 39.9 Å². The van der Waals surface area contributed by atoms with Crippen LogP contribution in [0.1, 0.15) is 36.8 Å². The van der Waals surface area contributed by atoms with E-state index in [9.17, 15) is 10.0 Å². The zero-order chi connectivity index (χ0) is 20.8. The number of rotatable bonds is 4. The number of nitrogens with zero attached hydrogens (tertiary/aromatic N) is 2. The first kappa shape index (κ1) is 20.6. The smallest absolute Gasteiger partial charge is 0.282 e. The molecule has 0 aromatic heterocycles. The van der Waals surface area contributed by atoms with E-state index in [0.29, 0.717) is 50.3 Å². The van der Waals surface area contributed by atoms with E-state index in [0.717, 1.165) is 6.42 Å². The summed E-state index contributed by atoms with van der Waals surface area (Å²) in [5.74, 6) is -0.778. The highest BCUT2D eigenvalue weighted by Gasteiger charge is 2.57. The SMILES string of the molecule is COC1=C(c2c(Cl)ccc(C)c2F)C(=O)N(OC2CCCO2)C12CCN(O)CC2. The number of hydrogen-bond acceptors (Lipinski definition) is 6. The van der Waals surface area contributed by atoms with Gasteiger partial charge >= 0.3 is 0 Å². The van der Waals surface area contributed by atoms with Crippen LogP contribution in [0.4, 0.5) is 4.39 Å². The number of hydrogen-bond donors (Lipinski definition) is 1. The van der Waals surface area contributed by atoms with E-state index in [1.807, 2.05) is 0 Å². The van der Waals surface area contributed by atoms with Crippen molar-refractivity contribution in [2.75, 3.05) is 26.8 Å². The Morgan fingerprint density at radius 1 is 1.34 bits per heavy atom. The molecule has 0 saturated carbocycles. The van der Waals surface area contributed by atoms with Crippen molar-refractivity contribution >= 4 is 23.1 Å². The van der Waals surface area contributed by atoms with Crippen molar-refractivity contribution in [2.24, 2.45) is 0 Å². The summed E-state index contributed by atoms with van der Waals surface area (Å²) in [5, 5.41) is 12.5. The van der Waals surface area contributed by atoms with Crippen LogP contribution in [0.2, 0.25) is 5.02 Å². The Morgan fingerprint density at radius 2 is 2.07 bits per heavy atom. The average molecular weight is 427 g/mol. The van der Waals surface area contributed by atoms with Crippen LogP contribution in [0.3, 0.4) is 0 Å². The molecule has 0 aliphatic carbocycles. The van der Waals surface area contributed by atoms with Crippen LogP contribution in [0, 0.1) is 12.7 Å². The molecule has 1 spiro atoms. The van der Waals surface area contributed by atoms with Crippen molar-refractivity contribution in [1.82, 2.24) is 10.1 Å². The zero-order valence-electron chi connectivity index (χ0n) is 16.4. The second-order valence-electron chi connectivity index (χ2n) is 7.59. The van der Waals surface area contributed by atoms with Gasteiger partial charge in [0.2, 0.25) is 0 Å².